The van der Waals surface area contributed by atoms with Crippen molar-refractivity contribution in [3.05, 3.63) is 12.7 Å². The lowest BCUT2D eigenvalue weighted by molar-refractivity contribution is -0.182. The third-order valence-electron chi connectivity index (χ3n) is 4.50. The SMILES string of the molecule is CC(C)(C)C[C@]12CO[C@@H](C1O)[C@H](n1cnc3c(N)ncnc31)O2. The summed E-state index contributed by atoms with van der Waals surface area (Å²) in [6.07, 6.45) is 2.13. The van der Waals surface area contributed by atoms with Crippen LogP contribution in [0.4, 0.5) is 5.82 Å². The van der Waals surface area contributed by atoms with Gasteiger partial charge in [-0.05, 0) is 11.8 Å². The van der Waals surface area contributed by atoms with Gasteiger partial charge in [0.05, 0.1) is 12.9 Å². The molecule has 3 N–H and O–H groups in total. The number of imidazole rings is 1. The van der Waals surface area contributed by atoms with E-state index in [9.17, 15) is 5.11 Å². The van der Waals surface area contributed by atoms with Crippen molar-refractivity contribution in [3.63, 3.8) is 0 Å². The van der Waals surface area contributed by atoms with Crippen LogP contribution in [0.2, 0.25) is 0 Å². The zero-order chi connectivity index (χ0) is 16.4. The number of hydrogen-bond acceptors (Lipinski definition) is 7. The number of ether oxygens (including phenoxy) is 2. The van der Waals surface area contributed by atoms with Gasteiger partial charge in [-0.2, -0.15) is 0 Å². The molecule has 8 nitrogen and oxygen atoms in total. The fourth-order valence-corrected chi connectivity index (χ4v) is 3.73. The Morgan fingerprint density at radius 1 is 1.39 bits per heavy atom. The van der Waals surface area contributed by atoms with E-state index in [0.717, 1.165) is 0 Å². The molecule has 0 amide bonds. The van der Waals surface area contributed by atoms with Crippen LogP contribution in [0.25, 0.3) is 11.2 Å². The van der Waals surface area contributed by atoms with Crippen LogP contribution in [0.3, 0.4) is 0 Å². The molecule has 23 heavy (non-hydrogen) atoms. The van der Waals surface area contributed by atoms with Gasteiger partial charge in [-0.1, -0.05) is 20.8 Å². The fourth-order valence-electron chi connectivity index (χ4n) is 3.73. The number of nitrogens with zero attached hydrogens (tertiary/aromatic N) is 4. The van der Waals surface area contributed by atoms with E-state index in [2.05, 4.69) is 35.7 Å². The number of aromatic nitrogens is 4. The maximum absolute atomic E-state index is 10.7. The van der Waals surface area contributed by atoms with Crippen LogP contribution in [-0.2, 0) is 9.47 Å². The predicted octanol–water partition coefficient (Wildman–Crippen LogP) is 0.872. The van der Waals surface area contributed by atoms with Gasteiger partial charge in [0.25, 0.3) is 0 Å². The van der Waals surface area contributed by atoms with E-state index in [1.165, 1.54) is 6.33 Å². The zero-order valence-electron chi connectivity index (χ0n) is 13.4. The lowest BCUT2D eigenvalue weighted by Crippen LogP contribution is -2.43. The topological polar surface area (TPSA) is 108 Å². The largest absolute Gasteiger partial charge is 0.387 e. The third kappa shape index (κ3) is 2.13. The van der Waals surface area contributed by atoms with Crippen LogP contribution in [0.5, 0.6) is 0 Å². The van der Waals surface area contributed by atoms with Gasteiger partial charge in [-0.15, -0.1) is 0 Å². The van der Waals surface area contributed by atoms with E-state index in [-0.39, 0.29) is 5.41 Å². The molecular weight excluding hydrogens is 298 g/mol. The first kappa shape index (κ1) is 14.8. The van der Waals surface area contributed by atoms with Crippen LogP contribution < -0.4 is 5.73 Å². The minimum absolute atomic E-state index is 0.0116. The summed E-state index contributed by atoms with van der Waals surface area (Å²) in [5.74, 6) is 0.322. The molecule has 4 rings (SSSR count). The van der Waals surface area contributed by atoms with Gasteiger partial charge in [0.1, 0.15) is 29.7 Å². The first-order chi connectivity index (χ1) is 10.8. The molecule has 0 saturated carbocycles. The molecule has 2 aliphatic heterocycles. The molecule has 8 heteroatoms. The van der Waals surface area contributed by atoms with E-state index in [4.69, 9.17) is 15.2 Å². The second-order valence-electron chi connectivity index (χ2n) is 7.61. The molecule has 1 unspecified atom stereocenters. The van der Waals surface area contributed by atoms with Gasteiger partial charge in [0.15, 0.2) is 17.7 Å². The van der Waals surface area contributed by atoms with Crippen molar-refractivity contribution < 1.29 is 14.6 Å². The molecule has 4 atom stereocenters. The normalized spacial score (nSPS) is 33.7. The summed E-state index contributed by atoms with van der Waals surface area (Å²) in [7, 11) is 0. The highest BCUT2D eigenvalue weighted by Crippen LogP contribution is 2.50. The molecule has 0 aromatic carbocycles. The molecule has 4 heterocycles. The fraction of sp³-hybridized carbons (Fsp3) is 0.667. The monoisotopic (exact) mass is 319 g/mol. The molecule has 2 bridgehead atoms. The zero-order valence-corrected chi connectivity index (χ0v) is 13.4. The Morgan fingerprint density at radius 3 is 2.91 bits per heavy atom. The number of aliphatic hydroxyl groups excluding tert-OH is 1. The van der Waals surface area contributed by atoms with Crippen LogP contribution >= 0.6 is 0 Å². The highest BCUT2D eigenvalue weighted by Gasteiger charge is 2.62. The summed E-state index contributed by atoms with van der Waals surface area (Å²) in [4.78, 5) is 12.5. The lowest BCUT2D eigenvalue weighted by atomic mass is 9.80. The summed E-state index contributed by atoms with van der Waals surface area (Å²) < 4.78 is 13.9. The van der Waals surface area contributed by atoms with Gasteiger partial charge in [0.2, 0.25) is 0 Å². The number of aliphatic hydroxyl groups is 1. The quantitative estimate of drug-likeness (QED) is 0.845. The Labute approximate surface area is 133 Å². The van der Waals surface area contributed by atoms with Gasteiger partial charge in [0, 0.05) is 0 Å². The molecule has 2 aliphatic rings. The van der Waals surface area contributed by atoms with Gasteiger partial charge in [-0.25, -0.2) is 15.0 Å². The third-order valence-corrected chi connectivity index (χ3v) is 4.50. The van der Waals surface area contributed by atoms with Gasteiger partial charge in [-0.3, -0.25) is 4.57 Å². The molecule has 2 saturated heterocycles. The average molecular weight is 319 g/mol. The molecule has 0 spiro atoms. The van der Waals surface area contributed by atoms with Crippen molar-refractivity contribution in [3.8, 4) is 0 Å². The molecule has 0 aliphatic carbocycles. The number of nitrogen functional groups attached to an aromatic ring is 1. The second-order valence-corrected chi connectivity index (χ2v) is 7.61. The van der Waals surface area contributed by atoms with Crippen molar-refractivity contribution in [1.29, 1.82) is 0 Å². The predicted molar refractivity (Wildman–Crippen MR) is 82.4 cm³/mol. The summed E-state index contributed by atoms with van der Waals surface area (Å²) in [6, 6.07) is 0. The van der Waals surface area contributed by atoms with Crippen molar-refractivity contribution in [2.45, 2.75) is 51.2 Å². The summed E-state index contributed by atoms with van der Waals surface area (Å²) in [5, 5.41) is 10.7. The van der Waals surface area contributed by atoms with E-state index in [1.807, 2.05) is 0 Å². The van der Waals surface area contributed by atoms with E-state index < -0.39 is 24.0 Å². The molecule has 0 radical (unpaired) electrons. The van der Waals surface area contributed by atoms with Crippen LogP contribution in [0.1, 0.15) is 33.4 Å². The summed E-state index contributed by atoms with van der Waals surface area (Å²) in [5.41, 5.74) is 6.26. The van der Waals surface area contributed by atoms with Crippen LogP contribution in [-0.4, -0.2) is 49.0 Å². The minimum atomic E-state index is -0.692. The van der Waals surface area contributed by atoms with Crippen molar-refractivity contribution in [2.24, 2.45) is 5.41 Å². The molecular formula is C15H21N5O3. The Bertz CT molecular complexity index is 755. The maximum atomic E-state index is 10.7. The summed E-state index contributed by atoms with van der Waals surface area (Å²) >= 11 is 0. The van der Waals surface area contributed by atoms with Gasteiger partial charge < -0.3 is 20.3 Å². The van der Waals surface area contributed by atoms with E-state index in [0.29, 0.717) is 30.0 Å². The standard InChI is InChI=1S/C15H21N5O3/c1-14(2,3)4-15-5-22-9(10(15)21)13(23-15)20-7-19-8-11(16)17-6-18-12(8)20/h6-7,9-10,13,21H,4-5H2,1-3H3,(H2,16,17,18)/t9-,10?,13+,15-/m0/s1. The second kappa shape index (κ2) is 4.62. The number of rotatable bonds is 2. The minimum Gasteiger partial charge on any atom is -0.387 e. The van der Waals surface area contributed by atoms with E-state index in [1.54, 1.807) is 10.9 Å². The molecule has 2 aromatic rings. The Hall–Kier alpha value is -1.77. The van der Waals surface area contributed by atoms with E-state index >= 15 is 0 Å². The van der Waals surface area contributed by atoms with Crippen LogP contribution in [0.15, 0.2) is 12.7 Å². The Morgan fingerprint density at radius 2 is 2.17 bits per heavy atom. The number of anilines is 1. The number of hydrogen-bond donors (Lipinski definition) is 2. The summed E-state index contributed by atoms with van der Waals surface area (Å²) in [6.45, 7) is 6.77. The van der Waals surface area contributed by atoms with Crippen molar-refractivity contribution in [1.82, 2.24) is 19.5 Å². The maximum Gasteiger partial charge on any atom is 0.167 e. The smallest absolute Gasteiger partial charge is 0.167 e. The molecule has 2 fully saturated rings. The van der Waals surface area contributed by atoms with Crippen LogP contribution in [0, 0.1) is 5.41 Å². The first-order valence-electron chi connectivity index (χ1n) is 7.71. The van der Waals surface area contributed by atoms with Crippen molar-refractivity contribution >= 4 is 17.0 Å². The Balaban J connectivity index is 1.73. The number of fused-ring (bicyclic) bond motifs is 3. The van der Waals surface area contributed by atoms with Gasteiger partial charge >= 0.3 is 0 Å². The molecule has 2 aromatic heterocycles. The number of nitrogens with two attached hydrogens (primary N) is 1. The van der Waals surface area contributed by atoms with Crippen molar-refractivity contribution in [2.75, 3.05) is 12.3 Å². The first-order valence-corrected chi connectivity index (χ1v) is 7.71. The highest BCUT2D eigenvalue weighted by atomic mass is 16.6. The molecule has 124 valence electrons. The highest BCUT2D eigenvalue weighted by molar-refractivity contribution is 5.81. The lowest BCUT2D eigenvalue weighted by Gasteiger charge is -2.35. The average Bonchev–Trinajstić information content (AvgIpc) is 3.08. The Kier molecular flexibility index (Phi) is 2.97.